The Balaban J connectivity index is 1.50. The third-order valence-electron chi connectivity index (χ3n) is 6.73. The van der Waals surface area contributed by atoms with Gasteiger partial charge in [0.15, 0.2) is 11.5 Å². The first kappa shape index (κ1) is 25.9. The Morgan fingerprint density at radius 3 is 2.46 bits per heavy atom. The molecule has 7 nitrogen and oxygen atoms in total. The van der Waals surface area contributed by atoms with Gasteiger partial charge < -0.3 is 14.6 Å². The van der Waals surface area contributed by atoms with Crippen molar-refractivity contribution in [3.8, 4) is 11.5 Å². The molecular weight excluding hydrogens is 534 g/mol. The number of halogens is 1. The molecule has 1 N–H and O–H groups in total. The molecule has 194 valence electrons. The zero-order valence-corrected chi connectivity index (χ0v) is 22.4. The van der Waals surface area contributed by atoms with Gasteiger partial charge in [-0.2, -0.15) is 16.1 Å². The molecule has 0 spiro atoms. The van der Waals surface area contributed by atoms with E-state index in [0.717, 1.165) is 16.7 Å². The number of carboxylic acids is 1. The summed E-state index contributed by atoms with van der Waals surface area (Å²) in [5.74, 6) is -0.144. The maximum absolute atomic E-state index is 13.9. The second kappa shape index (κ2) is 10.6. The van der Waals surface area contributed by atoms with Crippen LogP contribution in [0.1, 0.15) is 29.2 Å². The number of carboxylic acid groups (broad SMARTS) is 1. The number of nitrogens with zero attached hydrogens (tertiary/aromatic N) is 1. The molecule has 0 saturated carbocycles. The topological polar surface area (TPSA) is 93.1 Å². The summed E-state index contributed by atoms with van der Waals surface area (Å²) in [6, 6.07) is 18.9. The molecular formula is C27H26ClNO6S2. The van der Waals surface area contributed by atoms with Crippen LogP contribution in [0, 0.1) is 12.8 Å². The summed E-state index contributed by atoms with van der Waals surface area (Å²) >= 11 is 7.53. The normalized spacial score (nSPS) is 21.6. The molecule has 3 aromatic carbocycles. The van der Waals surface area contributed by atoms with Gasteiger partial charge in [-0.3, -0.25) is 4.79 Å². The third-order valence-corrected chi connectivity index (χ3v) is 10.3. The molecule has 3 aromatic rings. The van der Waals surface area contributed by atoms with Gasteiger partial charge in [0, 0.05) is 22.6 Å². The van der Waals surface area contributed by atoms with Gasteiger partial charge >= 0.3 is 5.97 Å². The molecule has 2 heterocycles. The standard InChI is InChI=1S/C27H26ClNO6S2/c1-17-2-9-21(10-3-17)37(32,33)29-14-22(27(30)31)26(36-15-18-4-7-20(28)8-5-18)13-23(29)19-6-11-24-25(12-19)35-16-34-24/h2-12,22-23,26H,13-16H2,1H3,(H,30,31)/t22-,23+,26-/m1/s1. The summed E-state index contributed by atoms with van der Waals surface area (Å²) in [5, 5.41) is 10.4. The molecule has 0 radical (unpaired) electrons. The van der Waals surface area contributed by atoms with E-state index >= 15 is 0 Å². The van der Waals surface area contributed by atoms with Gasteiger partial charge in [-0.05, 0) is 60.9 Å². The number of aliphatic carboxylic acids is 1. The van der Waals surface area contributed by atoms with Gasteiger partial charge in [0.1, 0.15) is 0 Å². The number of ether oxygens (including phenoxy) is 2. The van der Waals surface area contributed by atoms with Crippen LogP contribution in [-0.4, -0.2) is 42.4 Å². The molecule has 0 aromatic heterocycles. The van der Waals surface area contributed by atoms with E-state index in [4.69, 9.17) is 21.1 Å². The molecule has 1 fully saturated rings. The van der Waals surface area contributed by atoms with Crippen LogP contribution in [0.15, 0.2) is 71.6 Å². The largest absolute Gasteiger partial charge is 0.481 e. The Kier molecular flexibility index (Phi) is 7.40. The average Bonchev–Trinajstić information content (AvgIpc) is 3.36. The van der Waals surface area contributed by atoms with E-state index in [9.17, 15) is 18.3 Å². The van der Waals surface area contributed by atoms with Gasteiger partial charge in [-0.1, -0.05) is 47.5 Å². The summed E-state index contributed by atoms with van der Waals surface area (Å²) in [6.45, 7) is 1.86. The molecule has 5 rings (SSSR count). The molecule has 2 aliphatic rings. The number of hydrogen-bond acceptors (Lipinski definition) is 6. The van der Waals surface area contributed by atoms with Crippen LogP contribution in [0.25, 0.3) is 0 Å². The van der Waals surface area contributed by atoms with Crippen LogP contribution in [0.5, 0.6) is 11.5 Å². The minimum absolute atomic E-state index is 0.107. The Morgan fingerprint density at radius 2 is 1.76 bits per heavy atom. The highest BCUT2D eigenvalue weighted by atomic mass is 35.5. The summed E-state index contributed by atoms with van der Waals surface area (Å²) in [4.78, 5) is 12.5. The first-order chi connectivity index (χ1) is 17.7. The minimum Gasteiger partial charge on any atom is -0.481 e. The molecule has 0 amide bonds. The first-order valence-corrected chi connectivity index (χ1v) is 14.7. The summed E-state index contributed by atoms with van der Waals surface area (Å²) in [6.07, 6.45) is 0.333. The van der Waals surface area contributed by atoms with Crippen LogP contribution >= 0.6 is 23.4 Å². The lowest BCUT2D eigenvalue weighted by Gasteiger charge is -2.41. The first-order valence-electron chi connectivity index (χ1n) is 11.8. The number of aryl methyl sites for hydroxylation is 1. The lowest BCUT2D eigenvalue weighted by atomic mass is 9.90. The van der Waals surface area contributed by atoms with Gasteiger partial charge in [-0.25, -0.2) is 8.42 Å². The highest BCUT2D eigenvalue weighted by Gasteiger charge is 2.45. The SMILES string of the molecule is Cc1ccc(S(=O)(=O)N2C[C@@H](C(=O)O)[C@H](SCc3ccc(Cl)cc3)C[C@H]2c2ccc3c(c2)OCO3)cc1. The van der Waals surface area contributed by atoms with Gasteiger partial charge in [0.05, 0.1) is 16.9 Å². The second-order valence-electron chi connectivity index (χ2n) is 9.17. The van der Waals surface area contributed by atoms with Crippen LogP contribution in [-0.2, 0) is 20.6 Å². The van der Waals surface area contributed by atoms with Crippen LogP contribution < -0.4 is 9.47 Å². The van der Waals surface area contributed by atoms with Gasteiger partial charge in [0.2, 0.25) is 16.8 Å². The number of rotatable bonds is 7. The zero-order chi connectivity index (χ0) is 26.2. The fraction of sp³-hybridized carbons (Fsp3) is 0.296. The number of hydrogen-bond donors (Lipinski definition) is 1. The number of carbonyl (C=O) groups is 1. The van der Waals surface area contributed by atoms with Crippen molar-refractivity contribution in [1.82, 2.24) is 4.31 Å². The zero-order valence-electron chi connectivity index (χ0n) is 20.0. The molecule has 0 bridgehead atoms. The van der Waals surface area contributed by atoms with Crippen LogP contribution in [0.4, 0.5) is 0 Å². The van der Waals surface area contributed by atoms with Gasteiger partial charge in [0.25, 0.3) is 0 Å². The van der Waals surface area contributed by atoms with Crippen molar-refractivity contribution in [3.63, 3.8) is 0 Å². The number of piperidine rings is 1. The second-order valence-corrected chi connectivity index (χ2v) is 12.7. The molecule has 0 aliphatic carbocycles. The fourth-order valence-electron chi connectivity index (χ4n) is 4.68. The molecule has 0 unspecified atom stereocenters. The third kappa shape index (κ3) is 5.45. The quantitative estimate of drug-likeness (QED) is 0.407. The van der Waals surface area contributed by atoms with Crippen LogP contribution in [0.3, 0.4) is 0 Å². The van der Waals surface area contributed by atoms with Crippen molar-refractivity contribution >= 4 is 39.4 Å². The summed E-state index contributed by atoms with van der Waals surface area (Å²) in [7, 11) is -3.98. The lowest BCUT2D eigenvalue weighted by Crippen LogP contribution is -2.49. The van der Waals surface area contributed by atoms with E-state index in [1.54, 1.807) is 48.5 Å². The van der Waals surface area contributed by atoms with E-state index in [1.165, 1.54) is 16.1 Å². The fourth-order valence-corrected chi connectivity index (χ4v) is 7.81. The van der Waals surface area contributed by atoms with Crippen LogP contribution in [0.2, 0.25) is 5.02 Å². The molecule has 2 aliphatic heterocycles. The van der Waals surface area contributed by atoms with Crippen molar-refractivity contribution in [2.75, 3.05) is 13.3 Å². The van der Waals surface area contributed by atoms with E-state index in [1.807, 2.05) is 25.1 Å². The van der Waals surface area contributed by atoms with Crippen molar-refractivity contribution in [2.24, 2.45) is 5.92 Å². The van der Waals surface area contributed by atoms with E-state index in [-0.39, 0.29) is 23.5 Å². The maximum atomic E-state index is 13.9. The molecule has 10 heteroatoms. The van der Waals surface area contributed by atoms with E-state index in [0.29, 0.717) is 28.7 Å². The average molecular weight is 560 g/mol. The smallest absolute Gasteiger partial charge is 0.308 e. The Hall–Kier alpha value is -2.72. The number of thioether (sulfide) groups is 1. The Bertz CT molecular complexity index is 1400. The lowest BCUT2D eigenvalue weighted by molar-refractivity contribution is -0.143. The number of fused-ring (bicyclic) bond motifs is 1. The number of sulfonamides is 1. The van der Waals surface area contributed by atoms with E-state index < -0.39 is 28.0 Å². The predicted octanol–water partition coefficient (Wildman–Crippen LogP) is 5.52. The molecule has 3 atom stereocenters. The van der Waals surface area contributed by atoms with Crippen molar-refractivity contribution < 1.29 is 27.8 Å². The summed E-state index contributed by atoms with van der Waals surface area (Å²) < 4.78 is 40.0. The van der Waals surface area contributed by atoms with Crippen molar-refractivity contribution in [1.29, 1.82) is 0 Å². The minimum atomic E-state index is -3.98. The maximum Gasteiger partial charge on any atom is 0.308 e. The predicted molar refractivity (Wildman–Crippen MR) is 143 cm³/mol. The molecule has 37 heavy (non-hydrogen) atoms. The number of benzene rings is 3. The highest BCUT2D eigenvalue weighted by Crippen LogP contribution is 2.45. The van der Waals surface area contributed by atoms with Gasteiger partial charge in [-0.15, -0.1) is 0 Å². The Morgan fingerprint density at radius 1 is 1.05 bits per heavy atom. The Labute approximate surface area is 225 Å². The van der Waals surface area contributed by atoms with Crippen molar-refractivity contribution in [2.45, 2.75) is 35.3 Å². The highest BCUT2D eigenvalue weighted by molar-refractivity contribution is 7.99. The van der Waals surface area contributed by atoms with Crippen molar-refractivity contribution in [3.05, 3.63) is 88.4 Å². The molecule has 1 saturated heterocycles. The van der Waals surface area contributed by atoms with E-state index in [2.05, 4.69) is 0 Å². The monoisotopic (exact) mass is 559 g/mol. The summed E-state index contributed by atoms with van der Waals surface area (Å²) in [5.41, 5.74) is 2.70.